The number of H-pyrrole nitrogens is 1. The first kappa shape index (κ1) is 45.8. The predicted octanol–water partition coefficient (Wildman–Crippen LogP) is 2.20. The highest BCUT2D eigenvalue weighted by atomic mass is 16.6. The Balaban J connectivity index is 2.19. The second-order valence-corrected chi connectivity index (χ2v) is 15.0. The molecular formula is C41H57N7O9. The molecular weight excluding hydrogens is 734 g/mol. The van der Waals surface area contributed by atoms with Crippen LogP contribution in [0.15, 0.2) is 73.2 Å². The Morgan fingerprint density at radius 1 is 0.912 bits per heavy atom. The van der Waals surface area contributed by atoms with Crippen molar-refractivity contribution in [3.8, 4) is 0 Å². The van der Waals surface area contributed by atoms with Gasteiger partial charge in [-0.25, -0.2) is 19.5 Å². The molecule has 7 N–H and O–H groups in total. The SMILES string of the molecule is CC[C@H](C)[C@H](NC(=O)C(CNC(C)=O)C(O)[C@H](Cc1ccccc1)N(C(=O)OC(C)(C)C)C(=O)[C@H](Cc1c[nH]cn1)NC(=O)[C@@H](N)Cc1ccccc1)C(=O)OC. The van der Waals surface area contributed by atoms with Crippen molar-refractivity contribution in [2.75, 3.05) is 13.7 Å². The summed E-state index contributed by atoms with van der Waals surface area (Å²) in [4.78, 5) is 90.0. The number of carbonyl (C=O) groups is 6. The lowest BCUT2D eigenvalue weighted by atomic mass is 9.88. The van der Waals surface area contributed by atoms with Gasteiger partial charge in [-0.05, 0) is 50.7 Å². The van der Waals surface area contributed by atoms with Crippen LogP contribution in [0.4, 0.5) is 4.79 Å². The number of hydrogen-bond acceptors (Lipinski definition) is 11. The first-order valence-electron chi connectivity index (χ1n) is 18.9. The van der Waals surface area contributed by atoms with Crippen LogP contribution in [0.1, 0.15) is 64.8 Å². The van der Waals surface area contributed by atoms with Gasteiger partial charge in [0.25, 0.3) is 5.91 Å². The summed E-state index contributed by atoms with van der Waals surface area (Å²) < 4.78 is 10.7. The third kappa shape index (κ3) is 14.1. The largest absolute Gasteiger partial charge is 0.467 e. The molecule has 2 unspecified atom stereocenters. The molecule has 1 heterocycles. The molecule has 0 aliphatic carbocycles. The topological polar surface area (TPSA) is 235 Å². The maximum Gasteiger partial charge on any atom is 0.417 e. The highest BCUT2D eigenvalue weighted by Gasteiger charge is 2.45. The Kier molecular flexibility index (Phi) is 17.4. The number of aliphatic hydroxyl groups is 1. The maximum absolute atomic E-state index is 15.0. The lowest BCUT2D eigenvalue weighted by Crippen LogP contribution is -2.63. The summed E-state index contributed by atoms with van der Waals surface area (Å²) in [7, 11) is 1.18. The van der Waals surface area contributed by atoms with Crippen LogP contribution < -0.4 is 21.7 Å². The first-order chi connectivity index (χ1) is 26.9. The Labute approximate surface area is 333 Å². The highest BCUT2D eigenvalue weighted by Crippen LogP contribution is 2.24. The van der Waals surface area contributed by atoms with Gasteiger partial charge in [0.05, 0.1) is 43.2 Å². The quantitative estimate of drug-likeness (QED) is 0.0964. The number of rotatable bonds is 19. The number of aromatic amines is 1. The van der Waals surface area contributed by atoms with E-state index in [9.17, 15) is 29.1 Å². The highest BCUT2D eigenvalue weighted by molar-refractivity contribution is 5.98. The van der Waals surface area contributed by atoms with Crippen molar-refractivity contribution in [3.05, 3.63) is 90.0 Å². The van der Waals surface area contributed by atoms with Crippen molar-refractivity contribution in [1.82, 2.24) is 30.8 Å². The van der Waals surface area contributed by atoms with Crippen molar-refractivity contribution in [3.63, 3.8) is 0 Å². The lowest BCUT2D eigenvalue weighted by Gasteiger charge is -2.39. The molecule has 0 fully saturated rings. The van der Waals surface area contributed by atoms with E-state index in [1.165, 1.54) is 26.6 Å². The van der Waals surface area contributed by atoms with E-state index in [0.29, 0.717) is 22.6 Å². The van der Waals surface area contributed by atoms with E-state index < -0.39 is 84.0 Å². The average Bonchev–Trinajstić information content (AvgIpc) is 3.69. The van der Waals surface area contributed by atoms with Crippen molar-refractivity contribution in [2.24, 2.45) is 17.6 Å². The van der Waals surface area contributed by atoms with Crippen molar-refractivity contribution in [2.45, 2.75) is 103 Å². The Hall–Kier alpha value is -5.61. The molecule has 0 aliphatic rings. The van der Waals surface area contributed by atoms with E-state index in [2.05, 4.69) is 25.9 Å². The number of esters is 1. The van der Waals surface area contributed by atoms with Crippen molar-refractivity contribution in [1.29, 1.82) is 0 Å². The van der Waals surface area contributed by atoms with Crippen LogP contribution in [0, 0.1) is 11.8 Å². The normalized spacial score (nSPS) is 15.0. The molecule has 0 spiro atoms. The summed E-state index contributed by atoms with van der Waals surface area (Å²) >= 11 is 0. The number of aliphatic hydroxyl groups excluding tert-OH is 1. The van der Waals surface area contributed by atoms with E-state index in [-0.39, 0.29) is 25.2 Å². The fourth-order valence-corrected chi connectivity index (χ4v) is 6.09. The van der Waals surface area contributed by atoms with E-state index in [1.54, 1.807) is 70.2 Å². The zero-order valence-electron chi connectivity index (χ0n) is 33.7. The van der Waals surface area contributed by atoms with Crippen LogP contribution in [-0.4, -0.2) is 105 Å². The Morgan fingerprint density at radius 3 is 2.02 bits per heavy atom. The van der Waals surface area contributed by atoms with Gasteiger partial charge in [-0.3, -0.25) is 19.2 Å². The molecule has 0 saturated carbocycles. The number of amides is 5. The molecule has 5 amide bonds. The molecule has 57 heavy (non-hydrogen) atoms. The number of nitrogens with one attached hydrogen (secondary N) is 4. The minimum Gasteiger partial charge on any atom is -0.467 e. The number of ether oxygens (including phenoxy) is 2. The zero-order chi connectivity index (χ0) is 42.3. The van der Waals surface area contributed by atoms with Crippen LogP contribution >= 0.6 is 0 Å². The zero-order valence-corrected chi connectivity index (χ0v) is 33.7. The van der Waals surface area contributed by atoms with Crippen LogP contribution in [-0.2, 0) is 52.7 Å². The summed E-state index contributed by atoms with van der Waals surface area (Å²) in [6.07, 6.45) is 0.0785. The van der Waals surface area contributed by atoms with Crippen molar-refractivity contribution >= 4 is 35.7 Å². The van der Waals surface area contributed by atoms with Gasteiger partial charge in [-0.1, -0.05) is 80.9 Å². The lowest BCUT2D eigenvalue weighted by molar-refractivity contribution is -0.149. The number of methoxy groups -OCH3 is 1. The van der Waals surface area contributed by atoms with Gasteiger partial charge < -0.3 is 41.2 Å². The van der Waals surface area contributed by atoms with Gasteiger partial charge in [0.15, 0.2) is 0 Å². The molecule has 0 bridgehead atoms. The number of nitrogens with two attached hydrogens (primary N) is 1. The van der Waals surface area contributed by atoms with Crippen LogP contribution in [0.25, 0.3) is 0 Å². The van der Waals surface area contributed by atoms with E-state index in [1.807, 2.05) is 25.1 Å². The van der Waals surface area contributed by atoms with Gasteiger partial charge in [0.2, 0.25) is 17.7 Å². The third-order valence-corrected chi connectivity index (χ3v) is 9.34. The van der Waals surface area contributed by atoms with E-state index >= 15 is 4.79 Å². The van der Waals surface area contributed by atoms with Gasteiger partial charge in [0, 0.05) is 26.1 Å². The van der Waals surface area contributed by atoms with Crippen LogP contribution in [0.2, 0.25) is 0 Å². The predicted molar refractivity (Wildman–Crippen MR) is 211 cm³/mol. The molecule has 3 rings (SSSR count). The number of nitrogens with zero attached hydrogens (tertiary/aromatic N) is 2. The molecule has 310 valence electrons. The monoisotopic (exact) mass is 791 g/mol. The summed E-state index contributed by atoms with van der Waals surface area (Å²) in [5.74, 6) is -5.71. The number of carbonyl (C=O) groups excluding carboxylic acids is 6. The molecule has 2 aromatic carbocycles. The molecule has 16 heteroatoms. The minimum absolute atomic E-state index is 0.143. The van der Waals surface area contributed by atoms with Crippen LogP contribution in [0.3, 0.4) is 0 Å². The molecule has 1 aromatic heterocycles. The molecule has 0 saturated heterocycles. The average molecular weight is 792 g/mol. The first-order valence-corrected chi connectivity index (χ1v) is 18.9. The summed E-state index contributed by atoms with van der Waals surface area (Å²) in [5, 5.41) is 20.3. The molecule has 0 radical (unpaired) electrons. The maximum atomic E-state index is 15.0. The fraction of sp³-hybridized carbons (Fsp3) is 0.488. The Morgan fingerprint density at radius 2 is 1.51 bits per heavy atom. The third-order valence-electron chi connectivity index (χ3n) is 9.34. The number of aromatic nitrogens is 2. The second-order valence-electron chi connectivity index (χ2n) is 15.0. The summed E-state index contributed by atoms with van der Waals surface area (Å²) in [5.41, 5.74) is 6.89. The summed E-state index contributed by atoms with van der Waals surface area (Å²) in [6.45, 7) is 9.12. The second kappa shape index (κ2) is 21.6. The smallest absolute Gasteiger partial charge is 0.417 e. The van der Waals surface area contributed by atoms with Gasteiger partial charge in [0.1, 0.15) is 17.7 Å². The number of benzene rings is 2. The fourth-order valence-electron chi connectivity index (χ4n) is 6.09. The van der Waals surface area contributed by atoms with Crippen LogP contribution in [0.5, 0.6) is 0 Å². The van der Waals surface area contributed by atoms with E-state index in [0.717, 1.165) is 5.56 Å². The molecule has 7 atom stereocenters. The number of hydrogen-bond donors (Lipinski definition) is 6. The molecule has 3 aromatic rings. The molecule has 16 nitrogen and oxygen atoms in total. The van der Waals surface area contributed by atoms with Gasteiger partial charge in [-0.2, -0.15) is 0 Å². The van der Waals surface area contributed by atoms with Gasteiger partial charge >= 0.3 is 12.1 Å². The van der Waals surface area contributed by atoms with E-state index in [4.69, 9.17) is 15.2 Å². The molecule has 0 aliphatic heterocycles. The number of imidazole rings is 1. The van der Waals surface area contributed by atoms with Crippen molar-refractivity contribution < 1.29 is 43.3 Å². The van der Waals surface area contributed by atoms with Gasteiger partial charge in [-0.15, -0.1) is 0 Å². The number of imide groups is 1. The standard InChI is InChI=1S/C41H57N7O9/c1-8-25(2)34(39(54)56-7)47-36(51)30(23-44-26(3)49)35(50)33(20-28-17-13-10-14-18-28)48(40(55)57-41(4,5)6)38(53)32(21-29-22-43-24-45-29)46-37(52)31(42)19-27-15-11-9-12-16-27/h9-18,22,24-25,30-35,50H,8,19-21,23,42H2,1-7H3,(H,43,45)(H,44,49)(H,46,52)(H,47,51)/t25-,30?,31-,32-,33-,34-,35?/m0/s1. The minimum atomic E-state index is -1.88. The Bertz CT molecular complexity index is 1770. The summed E-state index contributed by atoms with van der Waals surface area (Å²) in [6, 6.07) is 12.4.